The summed E-state index contributed by atoms with van der Waals surface area (Å²) in [7, 11) is 0. The fourth-order valence-electron chi connectivity index (χ4n) is 4.44. The number of pyridine rings is 1. The van der Waals surface area contributed by atoms with Gasteiger partial charge in [0, 0.05) is 17.0 Å². The molecule has 1 aliphatic carbocycles. The van der Waals surface area contributed by atoms with Crippen LogP contribution in [0.4, 0.5) is 23.2 Å². The lowest BCUT2D eigenvalue weighted by molar-refractivity contribution is -0.272. The zero-order valence-electron chi connectivity index (χ0n) is 16.4. The van der Waals surface area contributed by atoms with Crippen molar-refractivity contribution in [3.63, 3.8) is 0 Å². The molecule has 0 aliphatic heterocycles. The van der Waals surface area contributed by atoms with Crippen molar-refractivity contribution in [1.29, 1.82) is 0 Å². The second-order valence-corrected chi connectivity index (χ2v) is 7.79. The number of aromatic hydroxyl groups is 1. The Labute approximate surface area is 174 Å². The maximum Gasteiger partial charge on any atom is 0.419 e. The SMILES string of the molecule is CC[C@H]1C[C@](O)(C(F)(F)F)[C@@H](Nc2c(F)ccc3[nH]c(=O)ccc23)c2cccc(O)c21. The minimum Gasteiger partial charge on any atom is -0.508 e. The fraction of sp³-hybridized carbons (Fsp3) is 0.318. The van der Waals surface area contributed by atoms with E-state index < -0.39 is 41.5 Å². The number of halogens is 4. The van der Waals surface area contributed by atoms with Gasteiger partial charge in [-0.15, -0.1) is 0 Å². The highest BCUT2D eigenvalue weighted by Crippen LogP contribution is 2.55. The molecule has 0 spiro atoms. The van der Waals surface area contributed by atoms with Crippen LogP contribution in [0.1, 0.15) is 42.9 Å². The van der Waals surface area contributed by atoms with Crippen molar-refractivity contribution in [3.05, 3.63) is 69.8 Å². The quantitative estimate of drug-likeness (QED) is 0.448. The second-order valence-electron chi connectivity index (χ2n) is 7.79. The van der Waals surface area contributed by atoms with Crippen molar-refractivity contribution in [3.8, 4) is 5.75 Å². The first kappa shape index (κ1) is 21.2. The largest absolute Gasteiger partial charge is 0.508 e. The van der Waals surface area contributed by atoms with Crippen molar-refractivity contribution in [2.24, 2.45) is 0 Å². The van der Waals surface area contributed by atoms with Gasteiger partial charge in [0.2, 0.25) is 5.56 Å². The number of benzene rings is 2. The monoisotopic (exact) mass is 436 g/mol. The predicted molar refractivity (Wildman–Crippen MR) is 108 cm³/mol. The Bertz CT molecular complexity index is 1210. The van der Waals surface area contributed by atoms with Gasteiger partial charge in [-0.2, -0.15) is 13.2 Å². The Balaban J connectivity index is 1.95. The number of nitrogens with one attached hydrogen (secondary N) is 2. The third-order valence-electron chi connectivity index (χ3n) is 6.00. The lowest BCUT2D eigenvalue weighted by atomic mass is 9.69. The molecular formula is C22H20F4N2O3. The number of fused-ring (bicyclic) bond motifs is 2. The summed E-state index contributed by atoms with van der Waals surface area (Å²) in [6, 6.07) is 7.12. The predicted octanol–water partition coefficient (Wildman–Crippen LogP) is 4.72. The lowest BCUT2D eigenvalue weighted by Gasteiger charge is -2.45. The van der Waals surface area contributed by atoms with Gasteiger partial charge in [-0.1, -0.05) is 19.1 Å². The molecule has 0 bridgehead atoms. The molecule has 0 amide bonds. The number of phenols is 1. The van der Waals surface area contributed by atoms with Gasteiger partial charge in [0.25, 0.3) is 0 Å². The van der Waals surface area contributed by atoms with Crippen LogP contribution in [0.2, 0.25) is 0 Å². The van der Waals surface area contributed by atoms with Crippen molar-refractivity contribution < 1.29 is 27.8 Å². The Morgan fingerprint density at radius 2 is 1.94 bits per heavy atom. The molecule has 31 heavy (non-hydrogen) atoms. The number of aliphatic hydroxyl groups is 1. The molecule has 0 fully saturated rings. The van der Waals surface area contributed by atoms with Gasteiger partial charge in [-0.25, -0.2) is 4.39 Å². The van der Waals surface area contributed by atoms with E-state index in [9.17, 15) is 32.6 Å². The van der Waals surface area contributed by atoms with E-state index in [1.165, 1.54) is 30.3 Å². The average Bonchev–Trinajstić information content (AvgIpc) is 2.70. The molecule has 1 aliphatic rings. The Morgan fingerprint density at radius 1 is 1.19 bits per heavy atom. The number of aromatic nitrogens is 1. The Kier molecular flexibility index (Phi) is 4.96. The number of rotatable bonds is 3. The van der Waals surface area contributed by atoms with Crippen LogP contribution in [0.3, 0.4) is 0 Å². The third kappa shape index (κ3) is 3.33. The van der Waals surface area contributed by atoms with E-state index in [0.717, 1.165) is 12.1 Å². The standard InChI is InChI=1S/C22H20F4N2O3/c1-2-11-10-21(31,22(24,25)26)20(13-4-3-5-16(29)18(11)13)28-19-12-6-9-17(30)27-15(12)8-7-14(19)23/h3-9,11,20,28-29,31H,2,10H2,1H3,(H,27,30)/t11-,20-,21+/m0/s1. The third-order valence-corrected chi connectivity index (χ3v) is 6.00. The first-order chi connectivity index (χ1) is 14.6. The Morgan fingerprint density at radius 3 is 2.61 bits per heavy atom. The van der Waals surface area contributed by atoms with Crippen LogP contribution >= 0.6 is 0 Å². The minimum atomic E-state index is -5.03. The summed E-state index contributed by atoms with van der Waals surface area (Å²) in [5.41, 5.74) is -3.39. The number of anilines is 1. The summed E-state index contributed by atoms with van der Waals surface area (Å²) in [6.45, 7) is 1.67. The summed E-state index contributed by atoms with van der Waals surface area (Å²) in [5, 5.41) is 24.0. The van der Waals surface area contributed by atoms with Crippen molar-refractivity contribution in [2.75, 3.05) is 5.32 Å². The molecular weight excluding hydrogens is 416 g/mol. The summed E-state index contributed by atoms with van der Waals surface area (Å²) in [4.78, 5) is 14.1. The van der Waals surface area contributed by atoms with Crippen LogP contribution in [0.25, 0.3) is 10.9 Å². The Hall–Kier alpha value is -3.07. The van der Waals surface area contributed by atoms with Crippen LogP contribution in [0.15, 0.2) is 47.3 Å². The molecule has 9 heteroatoms. The maximum absolute atomic E-state index is 14.8. The molecule has 1 heterocycles. The molecule has 164 valence electrons. The van der Waals surface area contributed by atoms with Gasteiger partial charge in [-0.3, -0.25) is 4.79 Å². The van der Waals surface area contributed by atoms with Gasteiger partial charge in [0.05, 0.1) is 17.2 Å². The second kappa shape index (κ2) is 7.26. The smallest absolute Gasteiger partial charge is 0.419 e. The number of hydrogen-bond donors (Lipinski definition) is 4. The average molecular weight is 436 g/mol. The fourth-order valence-corrected chi connectivity index (χ4v) is 4.44. The lowest BCUT2D eigenvalue weighted by Crippen LogP contribution is -2.55. The molecule has 4 N–H and O–H groups in total. The molecule has 0 unspecified atom stereocenters. The highest BCUT2D eigenvalue weighted by atomic mass is 19.4. The van der Waals surface area contributed by atoms with Gasteiger partial charge >= 0.3 is 6.18 Å². The van der Waals surface area contributed by atoms with Crippen molar-refractivity contribution in [1.82, 2.24) is 4.98 Å². The highest BCUT2D eigenvalue weighted by molar-refractivity contribution is 5.91. The van der Waals surface area contributed by atoms with E-state index in [1.54, 1.807) is 6.92 Å². The van der Waals surface area contributed by atoms with E-state index in [0.29, 0.717) is 5.56 Å². The molecule has 0 saturated carbocycles. The summed E-state index contributed by atoms with van der Waals surface area (Å²) in [6.07, 6.45) is -5.46. The summed E-state index contributed by atoms with van der Waals surface area (Å²) >= 11 is 0. The molecule has 3 aromatic rings. The first-order valence-electron chi connectivity index (χ1n) is 9.75. The molecule has 0 radical (unpaired) electrons. The van der Waals surface area contributed by atoms with E-state index >= 15 is 0 Å². The van der Waals surface area contributed by atoms with Crippen LogP contribution in [-0.4, -0.2) is 27.0 Å². The molecule has 5 nitrogen and oxygen atoms in total. The topological polar surface area (TPSA) is 85.4 Å². The number of alkyl halides is 3. The minimum absolute atomic E-state index is 0.0405. The van der Waals surface area contributed by atoms with Crippen molar-refractivity contribution in [2.45, 2.75) is 43.5 Å². The molecule has 3 atom stereocenters. The first-order valence-corrected chi connectivity index (χ1v) is 9.75. The van der Waals surface area contributed by atoms with Crippen LogP contribution in [0, 0.1) is 5.82 Å². The van der Waals surface area contributed by atoms with Crippen LogP contribution < -0.4 is 10.9 Å². The summed E-state index contributed by atoms with van der Waals surface area (Å²) < 4.78 is 57.2. The van der Waals surface area contributed by atoms with Gasteiger partial charge < -0.3 is 20.5 Å². The van der Waals surface area contributed by atoms with Gasteiger partial charge in [0.15, 0.2) is 5.60 Å². The number of H-pyrrole nitrogens is 1. The summed E-state index contributed by atoms with van der Waals surface area (Å²) in [5.74, 6) is -1.76. The molecule has 2 aromatic carbocycles. The van der Waals surface area contributed by atoms with E-state index in [4.69, 9.17) is 0 Å². The molecule has 0 saturated heterocycles. The zero-order valence-corrected chi connectivity index (χ0v) is 16.4. The van der Waals surface area contributed by atoms with Gasteiger partial charge in [0.1, 0.15) is 11.6 Å². The maximum atomic E-state index is 14.8. The molecule has 1 aromatic heterocycles. The molecule has 4 rings (SSSR count). The van der Waals surface area contributed by atoms with E-state index in [1.807, 2.05) is 0 Å². The van der Waals surface area contributed by atoms with Crippen LogP contribution in [-0.2, 0) is 0 Å². The van der Waals surface area contributed by atoms with E-state index in [-0.39, 0.29) is 34.3 Å². The zero-order chi connectivity index (χ0) is 22.6. The highest BCUT2D eigenvalue weighted by Gasteiger charge is 2.62. The number of hydrogen-bond acceptors (Lipinski definition) is 4. The number of phenolic OH excluding ortho intramolecular Hbond substituents is 1. The normalized spacial score (nSPS) is 23.5. The van der Waals surface area contributed by atoms with Crippen LogP contribution in [0.5, 0.6) is 5.75 Å². The van der Waals surface area contributed by atoms with E-state index in [2.05, 4.69) is 10.3 Å². The van der Waals surface area contributed by atoms with Crippen molar-refractivity contribution >= 4 is 16.6 Å². The van der Waals surface area contributed by atoms with Gasteiger partial charge in [-0.05, 0) is 48.6 Å². The number of aromatic amines is 1.